The second-order valence-corrected chi connectivity index (χ2v) is 7.38. The number of hydrogen-bond donors (Lipinski definition) is 0. The molecule has 4 heteroatoms. The van der Waals surface area contributed by atoms with Crippen LogP contribution in [0.25, 0.3) is 11.1 Å². The van der Waals surface area contributed by atoms with Crippen molar-refractivity contribution in [2.24, 2.45) is 5.92 Å². The summed E-state index contributed by atoms with van der Waals surface area (Å²) in [4.78, 5) is 11.7. The van der Waals surface area contributed by atoms with Gasteiger partial charge in [-0.1, -0.05) is 70.7 Å². The second kappa shape index (κ2) is 11.5. The molecule has 28 heavy (non-hydrogen) atoms. The summed E-state index contributed by atoms with van der Waals surface area (Å²) in [6.45, 7) is 6.25. The number of alkyl halides is 1. The molecule has 3 nitrogen and oxygen atoms in total. The lowest BCUT2D eigenvalue weighted by atomic mass is 10.1. The molecule has 0 N–H and O–H groups in total. The van der Waals surface area contributed by atoms with E-state index in [0.29, 0.717) is 5.75 Å². The number of ether oxygens (including phenoxy) is 2. The van der Waals surface area contributed by atoms with Crippen LogP contribution in [0.5, 0.6) is 11.5 Å². The maximum atomic E-state index is 13.7. The first-order valence-electron chi connectivity index (χ1n) is 10.2. The Morgan fingerprint density at radius 2 is 1.39 bits per heavy atom. The molecule has 152 valence electrons. The highest BCUT2D eigenvalue weighted by molar-refractivity contribution is 5.77. The third-order valence-electron chi connectivity index (χ3n) is 4.59. The van der Waals surface area contributed by atoms with Crippen LogP contribution in [0.15, 0.2) is 48.5 Å². The van der Waals surface area contributed by atoms with Crippen molar-refractivity contribution < 1.29 is 18.7 Å². The van der Waals surface area contributed by atoms with Crippen molar-refractivity contribution >= 4 is 5.97 Å². The Balaban J connectivity index is 1.85. The van der Waals surface area contributed by atoms with E-state index < -0.39 is 18.1 Å². The molecule has 0 saturated carbocycles. The smallest absolute Gasteiger partial charge is 0.346 e. The summed E-state index contributed by atoms with van der Waals surface area (Å²) in [6, 6.07) is 15.0. The van der Waals surface area contributed by atoms with E-state index in [1.807, 2.05) is 36.4 Å². The molecule has 0 amide bonds. The van der Waals surface area contributed by atoms with Gasteiger partial charge in [0.2, 0.25) is 0 Å². The predicted octanol–water partition coefficient (Wildman–Crippen LogP) is 6.60. The zero-order valence-electron chi connectivity index (χ0n) is 17.1. The van der Waals surface area contributed by atoms with Gasteiger partial charge in [-0.3, -0.25) is 0 Å². The van der Waals surface area contributed by atoms with Crippen LogP contribution in [0.1, 0.15) is 52.9 Å². The molecule has 0 aliphatic rings. The van der Waals surface area contributed by atoms with Crippen molar-refractivity contribution in [2.75, 3.05) is 6.61 Å². The van der Waals surface area contributed by atoms with E-state index in [9.17, 15) is 9.18 Å². The zero-order chi connectivity index (χ0) is 20.4. The Kier molecular flexibility index (Phi) is 8.99. The van der Waals surface area contributed by atoms with Crippen LogP contribution in [0.4, 0.5) is 4.39 Å². The number of esters is 1. The summed E-state index contributed by atoms with van der Waals surface area (Å²) in [5, 5.41) is 0. The van der Waals surface area contributed by atoms with Gasteiger partial charge in [-0.2, -0.15) is 0 Å². The first kappa shape index (κ1) is 21.9. The lowest BCUT2D eigenvalue weighted by Gasteiger charge is -2.11. The monoisotopic (exact) mass is 386 g/mol. The van der Waals surface area contributed by atoms with Gasteiger partial charge in [-0.25, -0.2) is 9.18 Å². The summed E-state index contributed by atoms with van der Waals surface area (Å²) in [7, 11) is 0. The first-order chi connectivity index (χ1) is 13.5. The molecule has 0 radical (unpaired) electrons. The molecule has 0 aliphatic carbocycles. The van der Waals surface area contributed by atoms with Crippen LogP contribution in [0.2, 0.25) is 0 Å². The van der Waals surface area contributed by atoms with Gasteiger partial charge >= 0.3 is 5.97 Å². The summed E-state index contributed by atoms with van der Waals surface area (Å²) in [5.41, 5.74) is 2.03. The van der Waals surface area contributed by atoms with E-state index in [0.717, 1.165) is 29.9 Å². The van der Waals surface area contributed by atoms with E-state index in [1.54, 1.807) is 26.0 Å². The third-order valence-corrected chi connectivity index (χ3v) is 4.59. The van der Waals surface area contributed by atoms with Gasteiger partial charge in [0.1, 0.15) is 11.5 Å². The van der Waals surface area contributed by atoms with Crippen molar-refractivity contribution in [3.05, 3.63) is 48.5 Å². The number of hydrogen-bond acceptors (Lipinski definition) is 3. The molecule has 0 spiro atoms. The molecule has 0 aromatic heterocycles. The highest BCUT2D eigenvalue weighted by atomic mass is 19.1. The number of unbranched alkanes of at least 4 members (excludes halogenated alkanes) is 4. The Hall–Kier alpha value is -2.36. The number of benzene rings is 2. The Morgan fingerprint density at radius 3 is 1.93 bits per heavy atom. The fraction of sp³-hybridized carbons (Fsp3) is 0.458. The lowest BCUT2D eigenvalue weighted by Crippen LogP contribution is -2.26. The van der Waals surface area contributed by atoms with Crippen LogP contribution >= 0.6 is 0 Å². The van der Waals surface area contributed by atoms with Crippen LogP contribution in [0, 0.1) is 5.92 Å². The molecule has 0 fully saturated rings. The number of rotatable bonds is 11. The summed E-state index contributed by atoms with van der Waals surface area (Å²) in [5.74, 6) is -0.0321. The number of halogens is 1. The van der Waals surface area contributed by atoms with E-state index in [4.69, 9.17) is 9.47 Å². The summed E-state index contributed by atoms with van der Waals surface area (Å²) < 4.78 is 24.5. The maximum Gasteiger partial charge on any atom is 0.346 e. The van der Waals surface area contributed by atoms with Gasteiger partial charge in [-0.15, -0.1) is 0 Å². The van der Waals surface area contributed by atoms with Crippen molar-refractivity contribution in [3.8, 4) is 22.6 Å². The highest BCUT2D eigenvalue weighted by Crippen LogP contribution is 2.25. The lowest BCUT2D eigenvalue weighted by molar-refractivity contribution is -0.141. The van der Waals surface area contributed by atoms with Gasteiger partial charge in [0.05, 0.1) is 6.61 Å². The molecule has 2 rings (SSSR count). The minimum Gasteiger partial charge on any atom is -0.494 e. The van der Waals surface area contributed by atoms with Gasteiger partial charge in [0.25, 0.3) is 0 Å². The topological polar surface area (TPSA) is 35.5 Å². The molecule has 0 heterocycles. The Morgan fingerprint density at radius 1 is 0.857 bits per heavy atom. The molecular weight excluding hydrogens is 355 g/mol. The highest BCUT2D eigenvalue weighted by Gasteiger charge is 2.23. The predicted molar refractivity (Wildman–Crippen MR) is 112 cm³/mol. The molecule has 2 aromatic rings. The number of carbonyl (C=O) groups excluding carboxylic acids is 1. The Bertz CT molecular complexity index is 708. The summed E-state index contributed by atoms with van der Waals surface area (Å²) >= 11 is 0. The SMILES string of the molecule is CCCCCCCOc1ccc(-c2ccc(OC(=O)C(F)C(C)C)cc2)cc1. The standard InChI is InChI=1S/C24H31FO3/c1-4-5-6-7-8-17-27-21-13-9-19(10-14-21)20-11-15-22(16-12-20)28-24(26)23(25)18(2)3/h9-16,18,23H,4-8,17H2,1-3H3. The molecule has 2 aromatic carbocycles. The number of carbonyl (C=O) groups is 1. The molecular formula is C24H31FO3. The molecule has 0 bridgehead atoms. The molecule has 0 saturated heterocycles. The van der Waals surface area contributed by atoms with Crippen molar-refractivity contribution in [1.82, 2.24) is 0 Å². The fourth-order valence-electron chi connectivity index (χ4n) is 2.80. The van der Waals surface area contributed by atoms with Crippen LogP contribution in [-0.4, -0.2) is 18.7 Å². The zero-order valence-corrected chi connectivity index (χ0v) is 17.1. The average molecular weight is 387 g/mol. The van der Waals surface area contributed by atoms with Crippen LogP contribution in [0.3, 0.4) is 0 Å². The van der Waals surface area contributed by atoms with Gasteiger partial charge < -0.3 is 9.47 Å². The fourth-order valence-corrected chi connectivity index (χ4v) is 2.80. The molecule has 1 atom stereocenters. The second-order valence-electron chi connectivity index (χ2n) is 7.38. The third kappa shape index (κ3) is 6.99. The normalized spacial score (nSPS) is 12.0. The van der Waals surface area contributed by atoms with Crippen molar-refractivity contribution in [1.29, 1.82) is 0 Å². The largest absolute Gasteiger partial charge is 0.494 e. The maximum absolute atomic E-state index is 13.7. The van der Waals surface area contributed by atoms with Crippen molar-refractivity contribution in [2.45, 2.75) is 59.0 Å². The van der Waals surface area contributed by atoms with Gasteiger partial charge in [0.15, 0.2) is 6.17 Å². The van der Waals surface area contributed by atoms with Gasteiger partial charge in [-0.05, 0) is 47.7 Å². The molecule has 0 aliphatic heterocycles. The van der Waals surface area contributed by atoms with Crippen LogP contribution in [-0.2, 0) is 4.79 Å². The van der Waals surface area contributed by atoms with Gasteiger partial charge in [0, 0.05) is 0 Å². The average Bonchev–Trinajstić information content (AvgIpc) is 2.71. The van der Waals surface area contributed by atoms with E-state index >= 15 is 0 Å². The van der Waals surface area contributed by atoms with Crippen LogP contribution < -0.4 is 9.47 Å². The van der Waals surface area contributed by atoms with E-state index in [1.165, 1.54) is 25.7 Å². The quantitative estimate of drug-likeness (QED) is 0.248. The van der Waals surface area contributed by atoms with Crippen molar-refractivity contribution in [3.63, 3.8) is 0 Å². The summed E-state index contributed by atoms with van der Waals surface area (Å²) in [6.07, 6.45) is 4.49. The molecule has 1 unspecified atom stereocenters. The van der Waals surface area contributed by atoms with E-state index in [2.05, 4.69) is 6.92 Å². The minimum absolute atomic E-state index is 0.347. The minimum atomic E-state index is -1.61. The first-order valence-corrected chi connectivity index (χ1v) is 10.2. The Labute approximate surface area is 167 Å². The van der Waals surface area contributed by atoms with E-state index in [-0.39, 0.29) is 0 Å².